The Balaban J connectivity index is 1.48. The van der Waals surface area contributed by atoms with Crippen LogP contribution in [0.2, 0.25) is 0 Å². The molecule has 0 radical (unpaired) electrons. The first kappa shape index (κ1) is 31.2. The highest BCUT2D eigenvalue weighted by Crippen LogP contribution is 2.47. The zero-order valence-electron chi connectivity index (χ0n) is 25.6. The molecule has 242 valence electrons. The molecule has 0 N–H and O–H groups in total. The number of halogens is 2. The Labute approximate surface area is 274 Å². The Morgan fingerprint density at radius 3 is 2.74 bits per heavy atom. The van der Waals surface area contributed by atoms with Crippen molar-refractivity contribution < 1.29 is 31.5 Å². The van der Waals surface area contributed by atoms with Crippen LogP contribution in [0.15, 0.2) is 65.4 Å². The second-order valence-corrected chi connectivity index (χ2v) is 14.6. The van der Waals surface area contributed by atoms with Crippen molar-refractivity contribution in [2.75, 3.05) is 26.1 Å². The molecule has 1 amide bonds. The summed E-state index contributed by atoms with van der Waals surface area (Å²) in [6.45, 7) is 6.53. The zero-order chi connectivity index (χ0) is 33.0. The third kappa shape index (κ3) is 5.41. The van der Waals surface area contributed by atoms with E-state index in [-0.39, 0.29) is 48.8 Å². The van der Waals surface area contributed by atoms with E-state index in [4.69, 9.17) is 19.6 Å². The highest BCUT2D eigenvalue weighted by molar-refractivity contribution is 7.91. The number of pyridine rings is 1. The number of fused-ring (bicyclic) bond motifs is 3. The van der Waals surface area contributed by atoms with Gasteiger partial charge in [-0.25, -0.2) is 22.2 Å². The van der Waals surface area contributed by atoms with Gasteiger partial charge in [-0.05, 0) is 54.6 Å². The number of sulfone groups is 1. The van der Waals surface area contributed by atoms with Gasteiger partial charge in [-0.2, -0.15) is 5.10 Å². The van der Waals surface area contributed by atoms with E-state index >= 15 is 4.39 Å². The van der Waals surface area contributed by atoms with E-state index in [9.17, 15) is 17.6 Å². The predicted octanol–water partition coefficient (Wildman–Crippen LogP) is 6.04. The third-order valence-electron chi connectivity index (χ3n) is 8.60. The van der Waals surface area contributed by atoms with Crippen molar-refractivity contribution in [2.45, 2.75) is 37.4 Å². The molecule has 0 saturated heterocycles. The van der Waals surface area contributed by atoms with Crippen LogP contribution in [0, 0.1) is 11.6 Å². The van der Waals surface area contributed by atoms with Crippen molar-refractivity contribution in [1.29, 1.82) is 0 Å². The highest BCUT2D eigenvalue weighted by Gasteiger charge is 2.31. The number of rotatable bonds is 8. The third-order valence-corrected chi connectivity index (χ3v) is 11.3. The molecule has 5 heterocycles. The summed E-state index contributed by atoms with van der Waals surface area (Å²) in [6.07, 6.45) is 1.68. The van der Waals surface area contributed by atoms with Crippen molar-refractivity contribution >= 4 is 37.2 Å². The molecule has 9 nitrogen and oxygen atoms in total. The predicted molar refractivity (Wildman–Crippen MR) is 175 cm³/mol. The minimum absolute atomic E-state index is 0.00635. The van der Waals surface area contributed by atoms with E-state index in [1.54, 1.807) is 17.0 Å². The molecule has 5 aromatic rings. The molecule has 7 rings (SSSR count). The number of methoxy groups -OCH3 is 1. The number of aromatic nitrogens is 3. The molecule has 0 bridgehead atoms. The Bertz CT molecular complexity index is 2190. The quantitative estimate of drug-likeness (QED) is 0.146. The number of hydrogen-bond acceptors (Lipinski definition) is 8. The van der Waals surface area contributed by atoms with Gasteiger partial charge in [0.05, 0.1) is 47.3 Å². The number of aryl methyl sites for hydroxylation is 1. The average molecular weight is 677 g/mol. The van der Waals surface area contributed by atoms with Crippen LogP contribution in [0.3, 0.4) is 0 Å². The topological polar surface area (TPSA) is 104 Å². The fourth-order valence-corrected chi connectivity index (χ4v) is 8.82. The van der Waals surface area contributed by atoms with Gasteiger partial charge in [-0.3, -0.25) is 9.48 Å². The molecular formula is C34H30F2N4O5S2. The van der Waals surface area contributed by atoms with Crippen LogP contribution in [0.25, 0.3) is 43.9 Å². The average Bonchev–Trinajstić information content (AvgIpc) is 3.77. The number of carbonyl (C=O) groups excluding carboxylic acids is 1. The molecule has 1 unspecified atom stereocenters. The summed E-state index contributed by atoms with van der Waals surface area (Å²) in [6, 6.07) is 10.7. The fraction of sp³-hybridized carbons (Fsp3) is 0.265. The summed E-state index contributed by atoms with van der Waals surface area (Å²) in [5.74, 6) is -1.77. The molecule has 2 aliphatic heterocycles. The molecule has 0 spiro atoms. The monoisotopic (exact) mass is 676 g/mol. The smallest absolute Gasteiger partial charge is 0.246 e. The summed E-state index contributed by atoms with van der Waals surface area (Å²) in [5.41, 5.74) is 3.93. The normalized spacial score (nSPS) is 16.7. The minimum Gasteiger partial charge on any atom is -0.490 e. The van der Waals surface area contributed by atoms with E-state index < -0.39 is 21.5 Å². The molecule has 2 aromatic carbocycles. The molecule has 0 saturated carbocycles. The minimum atomic E-state index is -3.33. The van der Waals surface area contributed by atoms with Gasteiger partial charge in [0.1, 0.15) is 35.4 Å². The summed E-state index contributed by atoms with van der Waals surface area (Å²) >= 11 is 1.37. The lowest BCUT2D eigenvalue weighted by atomic mass is 9.96. The number of thiophene rings is 1. The fourth-order valence-electron chi connectivity index (χ4n) is 6.33. The van der Waals surface area contributed by atoms with Gasteiger partial charge in [0.15, 0.2) is 9.84 Å². The van der Waals surface area contributed by atoms with E-state index in [1.165, 1.54) is 24.5 Å². The van der Waals surface area contributed by atoms with Gasteiger partial charge in [-0.1, -0.05) is 12.6 Å². The van der Waals surface area contributed by atoms with Crippen LogP contribution >= 0.6 is 11.3 Å². The van der Waals surface area contributed by atoms with E-state index in [1.807, 2.05) is 35.2 Å². The Morgan fingerprint density at radius 2 is 1.96 bits per heavy atom. The number of carbonyl (C=O) groups is 1. The van der Waals surface area contributed by atoms with Crippen molar-refractivity contribution in [1.82, 2.24) is 19.7 Å². The number of benzene rings is 2. The molecule has 0 aliphatic carbocycles. The number of ether oxygens (including phenoxy) is 2. The summed E-state index contributed by atoms with van der Waals surface area (Å²) in [4.78, 5) is 19.7. The van der Waals surface area contributed by atoms with Gasteiger partial charge >= 0.3 is 0 Å². The number of hydrogen-bond donors (Lipinski definition) is 0. The van der Waals surface area contributed by atoms with Crippen LogP contribution in [0.1, 0.15) is 18.2 Å². The molecule has 1 atom stereocenters. The van der Waals surface area contributed by atoms with E-state index in [2.05, 4.69) is 6.58 Å². The SMILES string of the molecule is C=CC(=O)N1Cc2cc(-c3nc(-c4ccc5c(c4)CCS5(=O)=O)c4ccsc4c3-c3c(F)cc(F)cc3OCCOC)nn2CC1C. The second kappa shape index (κ2) is 12.0. The Morgan fingerprint density at radius 1 is 1.13 bits per heavy atom. The van der Waals surface area contributed by atoms with E-state index in [0.717, 1.165) is 23.4 Å². The first-order chi connectivity index (χ1) is 22.6. The van der Waals surface area contributed by atoms with Gasteiger partial charge in [0, 0.05) is 46.5 Å². The molecule has 0 fully saturated rings. The largest absolute Gasteiger partial charge is 0.490 e. The van der Waals surface area contributed by atoms with Gasteiger partial charge in [-0.15, -0.1) is 11.3 Å². The molecule has 3 aromatic heterocycles. The first-order valence-electron chi connectivity index (χ1n) is 15.0. The van der Waals surface area contributed by atoms with Gasteiger partial charge in [0.25, 0.3) is 0 Å². The molecule has 47 heavy (non-hydrogen) atoms. The van der Waals surface area contributed by atoms with Crippen LogP contribution < -0.4 is 4.74 Å². The molecule has 2 aliphatic rings. The lowest BCUT2D eigenvalue weighted by molar-refractivity contribution is -0.129. The van der Waals surface area contributed by atoms with Crippen LogP contribution in [-0.2, 0) is 38.9 Å². The van der Waals surface area contributed by atoms with Gasteiger partial charge in [0.2, 0.25) is 5.91 Å². The van der Waals surface area contributed by atoms with Crippen molar-refractivity contribution in [3.05, 3.63) is 83.4 Å². The summed E-state index contributed by atoms with van der Waals surface area (Å²) in [5, 5.41) is 7.47. The lowest BCUT2D eigenvalue weighted by Gasteiger charge is -2.33. The lowest BCUT2D eigenvalue weighted by Crippen LogP contribution is -2.44. The van der Waals surface area contributed by atoms with Crippen LogP contribution in [-0.4, -0.2) is 66.1 Å². The zero-order valence-corrected chi connectivity index (χ0v) is 27.3. The summed E-state index contributed by atoms with van der Waals surface area (Å²) < 4.78 is 69.2. The standard InChI is InChI=1S/C34H30F2N4O5S2/c1-4-29(41)39-18-23-16-26(38-40(23)17-19(39)2)33-31(30-25(36)14-22(35)15-27(30)45-10-9-44-3)34-24(7-11-46-34)32(37-33)21-5-6-28-20(13-21)8-12-47(28,42)43/h4-7,11,13-16,19H,1,8-10,12,17-18H2,2-3H3. The van der Waals surface area contributed by atoms with Crippen LogP contribution in [0.5, 0.6) is 5.75 Å². The maximum Gasteiger partial charge on any atom is 0.246 e. The van der Waals surface area contributed by atoms with Crippen molar-refractivity contribution in [3.8, 4) is 39.5 Å². The maximum atomic E-state index is 16.0. The van der Waals surface area contributed by atoms with Crippen LogP contribution in [0.4, 0.5) is 8.78 Å². The highest BCUT2D eigenvalue weighted by atomic mass is 32.2. The Kier molecular flexibility index (Phi) is 7.93. The molecular weight excluding hydrogens is 647 g/mol. The number of amides is 1. The molecule has 13 heteroatoms. The van der Waals surface area contributed by atoms with Crippen molar-refractivity contribution in [2.24, 2.45) is 0 Å². The van der Waals surface area contributed by atoms with E-state index in [0.29, 0.717) is 56.2 Å². The summed E-state index contributed by atoms with van der Waals surface area (Å²) in [7, 11) is -1.83. The van der Waals surface area contributed by atoms with Crippen molar-refractivity contribution in [3.63, 3.8) is 0 Å². The van der Waals surface area contributed by atoms with Gasteiger partial charge < -0.3 is 14.4 Å². The number of nitrogens with zero attached hydrogens (tertiary/aromatic N) is 4. The second-order valence-electron chi connectivity index (χ2n) is 11.6. The Hall–Kier alpha value is -4.46. The maximum absolute atomic E-state index is 16.0. The first-order valence-corrected chi connectivity index (χ1v) is 17.5.